The van der Waals surface area contributed by atoms with Crippen LogP contribution in [-0.2, 0) is 9.53 Å². The Morgan fingerprint density at radius 3 is 2.45 bits per heavy atom. The normalized spacial score (nSPS) is 46.9. The average Bonchev–Trinajstić information content (AvgIpc) is 2.72. The first-order valence-corrected chi connectivity index (χ1v) is 8.54. The summed E-state index contributed by atoms with van der Waals surface area (Å²) in [6.07, 6.45) is 7.00. The van der Waals surface area contributed by atoms with E-state index in [1.807, 2.05) is 6.92 Å². The summed E-state index contributed by atoms with van der Waals surface area (Å²) >= 11 is 0. The van der Waals surface area contributed by atoms with E-state index in [2.05, 4.69) is 20.8 Å². The van der Waals surface area contributed by atoms with Crippen molar-refractivity contribution in [3.05, 3.63) is 0 Å². The molecule has 3 aliphatic carbocycles. The first kappa shape index (κ1) is 14.6. The topological polar surface area (TPSA) is 26.3 Å². The zero-order valence-corrected chi connectivity index (χ0v) is 13.6. The molecular weight excluding hydrogens is 248 g/mol. The third-order valence-electron chi connectivity index (χ3n) is 7.39. The quantitative estimate of drug-likeness (QED) is 0.772. The molecule has 2 heteroatoms. The molecule has 3 saturated carbocycles. The van der Waals surface area contributed by atoms with Gasteiger partial charge in [0.2, 0.25) is 0 Å². The van der Waals surface area contributed by atoms with Crippen molar-refractivity contribution in [1.82, 2.24) is 0 Å². The molecule has 0 amide bonds. The average molecular weight is 278 g/mol. The maximum absolute atomic E-state index is 12.6. The second-order valence-electron chi connectivity index (χ2n) is 8.15. The van der Waals surface area contributed by atoms with E-state index < -0.39 is 0 Å². The minimum Gasteiger partial charge on any atom is -0.378 e. The third kappa shape index (κ3) is 1.90. The predicted octanol–water partition coefficient (Wildman–Crippen LogP) is 4.22. The van der Waals surface area contributed by atoms with Gasteiger partial charge in [-0.25, -0.2) is 0 Å². The van der Waals surface area contributed by atoms with Crippen LogP contribution in [0.3, 0.4) is 0 Å². The lowest BCUT2D eigenvalue weighted by atomic mass is 9.61. The van der Waals surface area contributed by atoms with Crippen molar-refractivity contribution in [3.63, 3.8) is 0 Å². The number of hydrogen-bond donors (Lipinski definition) is 0. The molecule has 2 nitrogen and oxygen atoms in total. The van der Waals surface area contributed by atoms with Gasteiger partial charge in [-0.1, -0.05) is 20.8 Å². The van der Waals surface area contributed by atoms with Crippen molar-refractivity contribution < 1.29 is 9.53 Å². The van der Waals surface area contributed by atoms with Crippen LogP contribution in [0.4, 0.5) is 0 Å². The van der Waals surface area contributed by atoms with Crippen molar-refractivity contribution in [2.75, 3.05) is 6.61 Å². The molecule has 2 unspecified atom stereocenters. The first-order chi connectivity index (χ1) is 9.40. The van der Waals surface area contributed by atoms with Gasteiger partial charge in [0, 0.05) is 18.9 Å². The molecule has 20 heavy (non-hydrogen) atoms. The van der Waals surface area contributed by atoms with Gasteiger partial charge in [-0.3, -0.25) is 4.79 Å². The molecule has 3 aliphatic rings. The SMILES string of the molecule is CCOC1CCC([C@@H]2C[C@H]3CC[C@]2(C)C3(C)C)C(=O)C1. The van der Waals surface area contributed by atoms with E-state index in [9.17, 15) is 4.79 Å². The second-order valence-corrected chi connectivity index (χ2v) is 8.15. The monoisotopic (exact) mass is 278 g/mol. The van der Waals surface area contributed by atoms with Crippen LogP contribution in [-0.4, -0.2) is 18.5 Å². The van der Waals surface area contributed by atoms with Gasteiger partial charge < -0.3 is 4.74 Å². The Hall–Kier alpha value is -0.370. The zero-order chi connectivity index (χ0) is 14.5. The number of rotatable bonds is 3. The fraction of sp³-hybridized carbons (Fsp3) is 0.944. The molecule has 3 rings (SSSR count). The van der Waals surface area contributed by atoms with Crippen LogP contribution >= 0.6 is 0 Å². The standard InChI is InChI=1S/C18H30O2/c1-5-20-13-6-7-14(16(19)11-13)15-10-12-8-9-18(15,4)17(12,2)3/h12-15H,5-11H2,1-4H3/t12-,13?,14?,15+,18+/m1/s1. The lowest BCUT2D eigenvalue weighted by molar-refractivity contribution is -0.134. The number of hydrogen-bond acceptors (Lipinski definition) is 2. The minimum absolute atomic E-state index is 0.197. The molecule has 114 valence electrons. The van der Waals surface area contributed by atoms with Crippen LogP contribution < -0.4 is 0 Å². The lowest BCUT2D eigenvalue weighted by Gasteiger charge is -2.44. The number of carbonyl (C=O) groups is 1. The highest BCUT2D eigenvalue weighted by Crippen LogP contribution is 2.70. The van der Waals surface area contributed by atoms with Gasteiger partial charge in [-0.2, -0.15) is 0 Å². The van der Waals surface area contributed by atoms with Gasteiger partial charge in [0.05, 0.1) is 6.10 Å². The van der Waals surface area contributed by atoms with E-state index in [1.54, 1.807) is 0 Å². The van der Waals surface area contributed by atoms with Gasteiger partial charge in [-0.05, 0) is 61.7 Å². The summed E-state index contributed by atoms with van der Waals surface area (Å²) in [5.74, 6) is 2.28. The second kappa shape index (κ2) is 4.83. The van der Waals surface area contributed by atoms with Crippen molar-refractivity contribution in [2.45, 2.75) is 72.3 Å². The Morgan fingerprint density at radius 2 is 1.95 bits per heavy atom. The van der Waals surface area contributed by atoms with E-state index in [0.717, 1.165) is 25.4 Å². The summed E-state index contributed by atoms with van der Waals surface area (Å²) in [5, 5.41) is 0. The molecule has 0 saturated heterocycles. The van der Waals surface area contributed by atoms with E-state index >= 15 is 0 Å². The van der Waals surface area contributed by atoms with Crippen molar-refractivity contribution >= 4 is 5.78 Å². The van der Waals surface area contributed by atoms with Crippen LogP contribution in [0.5, 0.6) is 0 Å². The molecular formula is C18H30O2. The minimum atomic E-state index is 0.197. The first-order valence-electron chi connectivity index (χ1n) is 8.54. The summed E-state index contributed by atoms with van der Waals surface area (Å²) in [6.45, 7) is 10.1. The Morgan fingerprint density at radius 1 is 1.20 bits per heavy atom. The molecule has 5 atom stereocenters. The van der Waals surface area contributed by atoms with Crippen LogP contribution in [0.15, 0.2) is 0 Å². The van der Waals surface area contributed by atoms with Crippen molar-refractivity contribution in [3.8, 4) is 0 Å². The molecule has 0 radical (unpaired) electrons. The highest BCUT2D eigenvalue weighted by molar-refractivity contribution is 5.82. The number of fused-ring (bicyclic) bond motifs is 2. The molecule has 0 aromatic carbocycles. The van der Waals surface area contributed by atoms with Gasteiger partial charge >= 0.3 is 0 Å². The summed E-state index contributed by atoms with van der Waals surface area (Å²) < 4.78 is 5.67. The Kier molecular flexibility index (Phi) is 3.52. The van der Waals surface area contributed by atoms with Crippen LogP contribution in [0.2, 0.25) is 0 Å². The number of ketones is 1. The molecule has 0 spiro atoms. The van der Waals surface area contributed by atoms with Crippen LogP contribution in [0.25, 0.3) is 0 Å². The van der Waals surface area contributed by atoms with Gasteiger partial charge in [0.25, 0.3) is 0 Å². The highest BCUT2D eigenvalue weighted by atomic mass is 16.5. The fourth-order valence-electron chi connectivity index (χ4n) is 5.68. The molecule has 0 aliphatic heterocycles. The van der Waals surface area contributed by atoms with E-state index in [-0.39, 0.29) is 6.10 Å². The highest BCUT2D eigenvalue weighted by Gasteiger charge is 2.63. The van der Waals surface area contributed by atoms with E-state index in [1.165, 1.54) is 19.3 Å². The van der Waals surface area contributed by atoms with Gasteiger partial charge in [0.1, 0.15) is 5.78 Å². The molecule has 2 bridgehead atoms. The zero-order valence-electron chi connectivity index (χ0n) is 13.6. The molecule has 0 aromatic rings. The molecule has 0 N–H and O–H groups in total. The van der Waals surface area contributed by atoms with Gasteiger partial charge in [0.15, 0.2) is 0 Å². The Balaban J connectivity index is 1.74. The summed E-state index contributed by atoms with van der Waals surface area (Å²) in [4.78, 5) is 12.6. The number of carbonyl (C=O) groups excluding carboxylic acids is 1. The van der Waals surface area contributed by atoms with Crippen LogP contribution in [0, 0.1) is 28.6 Å². The smallest absolute Gasteiger partial charge is 0.138 e. The fourth-order valence-corrected chi connectivity index (χ4v) is 5.68. The maximum Gasteiger partial charge on any atom is 0.138 e. The van der Waals surface area contributed by atoms with Crippen LogP contribution in [0.1, 0.15) is 66.2 Å². The number of ether oxygens (including phenoxy) is 1. The van der Waals surface area contributed by atoms with Crippen molar-refractivity contribution in [1.29, 1.82) is 0 Å². The molecule has 0 aromatic heterocycles. The molecule has 0 heterocycles. The van der Waals surface area contributed by atoms with Crippen molar-refractivity contribution in [2.24, 2.45) is 28.6 Å². The van der Waals surface area contributed by atoms with Gasteiger partial charge in [-0.15, -0.1) is 0 Å². The predicted molar refractivity (Wildman–Crippen MR) is 80.5 cm³/mol. The van der Waals surface area contributed by atoms with E-state index in [4.69, 9.17) is 4.74 Å². The largest absolute Gasteiger partial charge is 0.378 e. The third-order valence-corrected chi connectivity index (χ3v) is 7.39. The summed E-state index contributed by atoms with van der Waals surface area (Å²) in [6, 6.07) is 0. The lowest BCUT2D eigenvalue weighted by Crippen LogP contribution is -2.41. The maximum atomic E-state index is 12.6. The summed E-state index contributed by atoms with van der Waals surface area (Å²) in [5.41, 5.74) is 0.811. The number of Topliss-reactive ketones (excluding diaryl/α,β-unsaturated/α-hetero) is 1. The Labute approximate surface area is 123 Å². The summed E-state index contributed by atoms with van der Waals surface area (Å²) in [7, 11) is 0. The van der Waals surface area contributed by atoms with E-state index in [0.29, 0.717) is 34.9 Å². The molecule has 3 fully saturated rings. The Bertz CT molecular complexity index is 400.